The number of fused-ring (bicyclic) bond motifs is 8. The highest BCUT2D eigenvalue weighted by Gasteiger charge is 2.72. The standard InChI is InChI=1S/C23H31IO2/c1-13(25)4-9-23(24)12-19-20-16-11-15(16)18-10-14(26)5-7-21(18,2)17(20)6-8-22(19,23)3/h10,15-17,19-20H,4-9,11-12H2,1-3H3/t15-,16+,17?,19?,20?,21-,22+,23+/m1/s1. The SMILES string of the molecule is CC(=O)CC[C@]1(I)CC2C3C(CC[C@@]21C)[C@@]1(C)CCC(=O)C=C1[C@@H]1C[C@H]31. The topological polar surface area (TPSA) is 34.1 Å². The Bertz CT molecular complexity index is 726. The van der Waals surface area contributed by atoms with Crippen molar-refractivity contribution in [1.82, 2.24) is 0 Å². The normalized spacial score (nSPS) is 54.1. The second kappa shape index (κ2) is 5.45. The molecule has 0 aliphatic heterocycles. The van der Waals surface area contributed by atoms with E-state index in [1.54, 1.807) is 12.5 Å². The van der Waals surface area contributed by atoms with Crippen LogP contribution in [0.5, 0.6) is 0 Å². The molecule has 4 saturated carbocycles. The number of Topliss-reactive ketones (excluding diaryl/α,β-unsaturated/α-hetero) is 1. The minimum absolute atomic E-state index is 0.292. The molecule has 142 valence electrons. The quantitative estimate of drug-likeness (QED) is 0.405. The van der Waals surface area contributed by atoms with E-state index in [9.17, 15) is 9.59 Å². The zero-order valence-corrected chi connectivity index (χ0v) is 18.5. The lowest BCUT2D eigenvalue weighted by atomic mass is 9.38. The minimum Gasteiger partial charge on any atom is -0.300 e. The van der Waals surface area contributed by atoms with E-state index < -0.39 is 0 Å². The fraction of sp³-hybridized carbons (Fsp3) is 0.826. The Labute approximate surface area is 171 Å². The molecule has 5 aliphatic carbocycles. The van der Waals surface area contributed by atoms with Crippen molar-refractivity contribution in [1.29, 1.82) is 0 Å². The molecule has 0 saturated heterocycles. The molecule has 5 rings (SSSR count). The molecular weight excluding hydrogens is 435 g/mol. The Morgan fingerprint density at radius 3 is 2.77 bits per heavy atom. The van der Waals surface area contributed by atoms with Crippen LogP contribution in [-0.4, -0.2) is 15.0 Å². The molecule has 0 spiro atoms. The van der Waals surface area contributed by atoms with Gasteiger partial charge in [0.15, 0.2) is 5.78 Å². The summed E-state index contributed by atoms with van der Waals surface area (Å²) in [5.74, 6) is 4.79. The van der Waals surface area contributed by atoms with Gasteiger partial charge >= 0.3 is 0 Å². The molecule has 0 radical (unpaired) electrons. The second-order valence-electron chi connectivity index (χ2n) is 10.6. The number of alkyl halides is 1. The highest BCUT2D eigenvalue weighted by Crippen LogP contribution is 2.78. The Morgan fingerprint density at radius 2 is 2.04 bits per heavy atom. The Hall–Kier alpha value is -0.190. The van der Waals surface area contributed by atoms with E-state index in [1.165, 1.54) is 25.7 Å². The van der Waals surface area contributed by atoms with Gasteiger partial charge in [-0.15, -0.1) is 0 Å². The van der Waals surface area contributed by atoms with Crippen LogP contribution in [0.4, 0.5) is 0 Å². The van der Waals surface area contributed by atoms with E-state index in [2.05, 4.69) is 42.5 Å². The highest BCUT2D eigenvalue weighted by molar-refractivity contribution is 14.1. The number of carbonyl (C=O) groups is 2. The number of allylic oxidation sites excluding steroid dienone is 2. The molecule has 2 nitrogen and oxygen atoms in total. The smallest absolute Gasteiger partial charge is 0.155 e. The van der Waals surface area contributed by atoms with Crippen molar-refractivity contribution in [3.05, 3.63) is 11.6 Å². The molecule has 4 fully saturated rings. The summed E-state index contributed by atoms with van der Waals surface area (Å²) in [5.41, 5.74) is 2.25. The summed E-state index contributed by atoms with van der Waals surface area (Å²) in [4.78, 5) is 23.6. The number of hydrogen-bond acceptors (Lipinski definition) is 2. The van der Waals surface area contributed by atoms with Crippen molar-refractivity contribution in [2.24, 2.45) is 40.4 Å². The average Bonchev–Trinajstić information content (AvgIpc) is 3.36. The average molecular weight is 466 g/mol. The molecule has 0 bridgehead atoms. The van der Waals surface area contributed by atoms with E-state index in [-0.39, 0.29) is 0 Å². The molecule has 3 heteroatoms. The lowest BCUT2D eigenvalue weighted by molar-refractivity contribution is -0.142. The lowest BCUT2D eigenvalue weighted by Gasteiger charge is -2.70. The zero-order chi connectivity index (χ0) is 18.5. The van der Waals surface area contributed by atoms with Crippen molar-refractivity contribution in [3.8, 4) is 0 Å². The summed E-state index contributed by atoms with van der Waals surface area (Å²) in [7, 11) is 0. The van der Waals surface area contributed by atoms with Crippen LogP contribution in [-0.2, 0) is 9.59 Å². The molecule has 8 atom stereocenters. The third-order valence-corrected chi connectivity index (χ3v) is 11.8. The van der Waals surface area contributed by atoms with Crippen molar-refractivity contribution < 1.29 is 9.59 Å². The predicted octanol–water partition coefficient (Wildman–Crippen LogP) is 5.53. The van der Waals surface area contributed by atoms with Crippen LogP contribution in [0.3, 0.4) is 0 Å². The highest BCUT2D eigenvalue weighted by atomic mass is 127. The molecule has 26 heavy (non-hydrogen) atoms. The molecule has 3 unspecified atom stereocenters. The van der Waals surface area contributed by atoms with E-state index in [4.69, 9.17) is 0 Å². The van der Waals surface area contributed by atoms with Crippen LogP contribution in [0, 0.1) is 40.4 Å². The summed E-state index contributed by atoms with van der Waals surface area (Å²) in [6.45, 7) is 6.77. The van der Waals surface area contributed by atoms with Crippen LogP contribution in [0.1, 0.15) is 72.1 Å². The maximum atomic E-state index is 12.1. The fourth-order valence-electron chi connectivity index (χ4n) is 7.87. The van der Waals surface area contributed by atoms with Crippen molar-refractivity contribution in [3.63, 3.8) is 0 Å². The van der Waals surface area contributed by atoms with Crippen LogP contribution in [0.2, 0.25) is 0 Å². The molecule has 5 aliphatic rings. The molecule has 0 amide bonds. The first-order chi connectivity index (χ1) is 12.2. The Morgan fingerprint density at radius 1 is 1.27 bits per heavy atom. The summed E-state index contributed by atoms with van der Waals surface area (Å²) >= 11 is 2.73. The van der Waals surface area contributed by atoms with E-state index in [0.29, 0.717) is 31.7 Å². The molecular formula is C23H31IO2. The van der Waals surface area contributed by atoms with Crippen LogP contribution < -0.4 is 0 Å². The third kappa shape index (κ3) is 2.16. The first kappa shape index (κ1) is 17.9. The predicted molar refractivity (Wildman–Crippen MR) is 111 cm³/mol. The number of rotatable bonds is 3. The third-order valence-electron chi connectivity index (χ3n) is 9.58. The largest absolute Gasteiger partial charge is 0.300 e. The van der Waals surface area contributed by atoms with E-state index >= 15 is 0 Å². The summed E-state index contributed by atoms with van der Waals surface area (Å²) in [6.07, 6.45) is 11.0. The van der Waals surface area contributed by atoms with Gasteiger partial charge < -0.3 is 4.79 Å². The van der Waals surface area contributed by atoms with Gasteiger partial charge in [0, 0.05) is 16.3 Å². The van der Waals surface area contributed by atoms with Gasteiger partial charge in [-0.1, -0.05) is 42.0 Å². The molecule has 0 aromatic carbocycles. The minimum atomic E-state index is 0.292. The maximum absolute atomic E-state index is 12.1. The summed E-state index contributed by atoms with van der Waals surface area (Å²) in [6, 6.07) is 0. The van der Waals surface area contributed by atoms with E-state index in [0.717, 1.165) is 49.4 Å². The van der Waals surface area contributed by atoms with Gasteiger partial charge in [-0.3, -0.25) is 4.79 Å². The molecule has 0 heterocycles. The maximum Gasteiger partial charge on any atom is 0.155 e. The number of carbonyl (C=O) groups excluding carboxylic acids is 2. The number of ketones is 2. The van der Waals surface area contributed by atoms with Crippen LogP contribution in [0.15, 0.2) is 11.6 Å². The van der Waals surface area contributed by atoms with Gasteiger partial charge in [0.05, 0.1) is 0 Å². The lowest BCUT2D eigenvalue weighted by Crippen LogP contribution is -2.66. The Kier molecular flexibility index (Phi) is 3.75. The monoisotopic (exact) mass is 466 g/mol. The van der Waals surface area contributed by atoms with Gasteiger partial charge in [-0.2, -0.15) is 0 Å². The van der Waals surface area contributed by atoms with Crippen molar-refractivity contribution >= 4 is 34.2 Å². The zero-order valence-electron chi connectivity index (χ0n) is 16.3. The van der Waals surface area contributed by atoms with Gasteiger partial charge in [0.25, 0.3) is 0 Å². The van der Waals surface area contributed by atoms with Crippen molar-refractivity contribution in [2.75, 3.05) is 0 Å². The first-order valence-corrected chi connectivity index (χ1v) is 11.7. The van der Waals surface area contributed by atoms with Gasteiger partial charge in [0.1, 0.15) is 5.78 Å². The van der Waals surface area contributed by atoms with Crippen LogP contribution in [0.25, 0.3) is 0 Å². The first-order valence-electron chi connectivity index (χ1n) is 10.6. The second-order valence-corrected chi connectivity index (χ2v) is 12.7. The van der Waals surface area contributed by atoms with Gasteiger partial charge in [-0.05, 0) is 91.9 Å². The summed E-state index contributed by atoms with van der Waals surface area (Å²) < 4.78 is 0.329. The van der Waals surface area contributed by atoms with Gasteiger partial charge in [0.2, 0.25) is 0 Å². The molecule has 0 N–H and O–H groups in total. The summed E-state index contributed by atoms with van der Waals surface area (Å²) in [5, 5.41) is 0. The van der Waals surface area contributed by atoms with Crippen molar-refractivity contribution in [2.45, 2.75) is 75.6 Å². The molecule has 0 aromatic rings. The Balaban J connectivity index is 1.44. The fourth-order valence-corrected chi connectivity index (χ4v) is 9.29. The number of hydrogen-bond donors (Lipinski definition) is 0. The van der Waals surface area contributed by atoms with E-state index in [1.807, 2.05) is 0 Å². The van der Waals surface area contributed by atoms with Gasteiger partial charge in [-0.25, -0.2) is 0 Å². The molecule has 0 aromatic heterocycles. The number of halogens is 1. The van der Waals surface area contributed by atoms with Crippen LogP contribution >= 0.6 is 22.6 Å².